The van der Waals surface area contributed by atoms with Gasteiger partial charge in [0, 0.05) is 6.42 Å². The molecular weight excluding hydrogens is 168 g/mol. The molecule has 0 saturated heterocycles. The maximum atomic E-state index is 11.0. The van der Waals surface area contributed by atoms with Crippen molar-refractivity contribution >= 4 is 16.5 Å². The monoisotopic (exact) mass is 188 g/mol. The van der Waals surface area contributed by atoms with E-state index in [2.05, 4.69) is 20.8 Å². The lowest BCUT2D eigenvalue weighted by Crippen LogP contribution is -2.18. The van der Waals surface area contributed by atoms with Gasteiger partial charge < -0.3 is 4.43 Å². The lowest BCUT2D eigenvalue weighted by molar-refractivity contribution is -0.136. The van der Waals surface area contributed by atoms with E-state index in [1.807, 2.05) is 0 Å². The van der Waals surface area contributed by atoms with Crippen molar-refractivity contribution in [1.29, 1.82) is 0 Å². The van der Waals surface area contributed by atoms with E-state index in [0.717, 1.165) is 6.42 Å². The van der Waals surface area contributed by atoms with Crippen LogP contribution in [-0.4, -0.2) is 16.5 Å². The SMILES string of the molecule is CCCCC(C)(C)CC(=O)O[SiH3]. The summed E-state index contributed by atoms with van der Waals surface area (Å²) >= 11 is 0. The van der Waals surface area contributed by atoms with Gasteiger partial charge in [0.15, 0.2) is 0 Å². The Morgan fingerprint density at radius 3 is 2.50 bits per heavy atom. The first kappa shape index (κ1) is 11.7. The zero-order chi connectivity index (χ0) is 9.61. The zero-order valence-corrected chi connectivity index (χ0v) is 10.6. The van der Waals surface area contributed by atoms with Crippen molar-refractivity contribution in [2.75, 3.05) is 0 Å². The molecule has 0 radical (unpaired) electrons. The first-order chi connectivity index (χ1) is 5.52. The second-order valence-corrected chi connectivity index (χ2v) is 4.43. The molecule has 0 aliphatic rings. The van der Waals surface area contributed by atoms with Crippen LogP contribution in [-0.2, 0) is 9.22 Å². The van der Waals surface area contributed by atoms with E-state index in [4.69, 9.17) is 4.43 Å². The highest BCUT2D eigenvalue weighted by Crippen LogP contribution is 2.27. The summed E-state index contributed by atoms with van der Waals surface area (Å²) in [6.07, 6.45) is 4.07. The van der Waals surface area contributed by atoms with E-state index in [-0.39, 0.29) is 11.4 Å². The molecule has 0 N–H and O–H groups in total. The highest BCUT2D eigenvalue weighted by atomic mass is 28.2. The predicted octanol–water partition coefficient (Wildman–Crippen LogP) is 1.42. The van der Waals surface area contributed by atoms with E-state index in [1.165, 1.54) is 12.8 Å². The number of hydrogen-bond donors (Lipinski definition) is 0. The summed E-state index contributed by atoms with van der Waals surface area (Å²) in [5, 5.41) is 0. The minimum atomic E-state index is -0.0391. The average molecular weight is 188 g/mol. The number of carbonyl (C=O) groups is 1. The van der Waals surface area contributed by atoms with Crippen LogP contribution in [0.5, 0.6) is 0 Å². The molecule has 3 heteroatoms. The van der Waals surface area contributed by atoms with E-state index < -0.39 is 0 Å². The number of hydrogen-bond acceptors (Lipinski definition) is 2. The van der Waals surface area contributed by atoms with Gasteiger partial charge in [0.2, 0.25) is 10.5 Å². The molecule has 0 heterocycles. The van der Waals surface area contributed by atoms with Crippen LogP contribution in [0, 0.1) is 5.41 Å². The fourth-order valence-electron chi connectivity index (χ4n) is 1.21. The second-order valence-electron chi connectivity index (χ2n) is 4.02. The van der Waals surface area contributed by atoms with Crippen LogP contribution in [0.2, 0.25) is 0 Å². The molecule has 0 fully saturated rings. The van der Waals surface area contributed by atoms with Crippen LogP contribution in [0.15, 0.2) is 0 Å². The van der Waals surface area contributed by atoms with Gasteiger partial charge in [-0.05, 0) is 11.8 Å². The Balaban J connectivity index is 3.77. The lowest BCUT2D eigenvalue weighted by Gasteiger charge is -2.22. The van der Waals surface area contributed by atoms with Gasteiger partial charge in [-0.25, -0.2) is 0 Å². The van der Waals surface area contributed by atoms with Gasteiger partial charge in [0.1, 0.15) is 0 Å². The standard InChI is InChI=1S/C9H20O2Si/c1-4-5-6-9(2,3)7-8(10)11-12/h4-7H2,1-3,12H3. The fraction of sp³-hybridized carbons (Fsp3) is 0.889. The van der Waals surface area contributed by atoms with Gasteiger partial charge in [-0.3, -0.25) is 4.79 Å². The molecule has 0 bridgehead atoms. The van der Waals surface area contributed by atoms with Gasteiger partial charge in [0.25, 0.3) is 5.97 Å². The Labute approximate surface area is 78.2 Å². The molecule has 0 aromatic heterocycles. The Morgan fingerprint density at radius 2 is 2.08 bits per heavy atom. The van der Waals surface area contributed by atoms with Crippen LogP contribution >= 0.6 is 0 Å². The number of carbonyl (C=O) groups excluding carboxylic acids is 1. The summed E-state index contributed by atoms with van der Waals surface area (Å²) in [5.74, 6) is -0.0391. The molecule has 0 aliphatic carbocycles. The van der Waals surface area contributed by atoms with Crippen molar-refractivity contribution in [3.8, 4) is 0 Å². The van der Waals surface area contributed by atoms with Gasteiger partial charge in [-0.15, -0.1) is 0 Å². The molecule has 0 spiro atoms. The first-order valence-electron chi connectivity index (χ1n) is 4.58. The number of unbranched alkanes of at least 4 members (excludes halogenated alkanes) is 1. The molecular formula is C9H20O2Si. The minimum Gasteiger partial charge on any atom is -0.529 e. The predicted molar refractivity (Wildman–Crippen MR) is 54.0 cm³/mol. The highest BCUT2D eigenvalue weighted by Gasteiger charge is 2.21. The molecule has 0 unspecified atom stereocenters. The number of rotatable bonds is 5. The third-order valence-corrected chi connectivity index (χ3v) is 2.51. The van der Waals surface area contributed by atoms with Gasteiger partial charge >= 0.3 is 0 Å². The second kappa shape index (κ2) is 5.35. The van der Waals surface area contributed by atoms with Crippen molar-refractivity contribution in [1.82, 2.24) is 0 Å². The molecule has 0 amide bonds. The Kier molecular flexibility index (Phi) is 5.21. The smallest absolute Gasteiger partial charge is 0.292 e. The fourth-order valence-corrected chi connectivity index (χ4v) is 1.35. The Hall–Kier alpha value is -0.313. The molecule has 0 aliphatic heterocycles. The molecule has 0 rings (SSSR count). The van der Waals surface area contributed by atoms with Crippen LogP contribution in [0.4, 0.5) is 0 Å². The summed E-state index contributed by atoms with van der Waals surface area (Å²) in [5.41, 5.74) is 0.123. The quantitative estimate of drug-likeness (QED) is 0.610. The van der Waals surface area contributed by atoms with Crippen molar-refractivity contribution < 1.29 is 9.22 Å². The average Bonchev–Trinajstić information content (AvgIpc) is 2.00. The molecule has 72 valence electrons. The molecule has 0 atom stereocenters. The summed E-state index contributed by atoms with van der Waals surface area (Å²) in [6, 6.07) is 0. The minimum absolute atomic E-state index is 0.0391. The molecule has 2 nitrogen and oxygen atoms in total. The summed E-state index contributed by atoms with van der Waals surface area (Å²) in [4.78, 5) is 11.0. The van der Waals surface area contributed by atoms with E-state index >= 15 is 0 Å². The van der Waals surface area contributed by atoms with Gasteiger partial charge in [-0.1, -0.05) is 33.6 Å². The summed E-state index contributed by atoms with van der Waals surface area (Å²) < 4.78 is 4.77. The van der Waals surface area contributed by atoms with Crippen LogP contribution < -0.4 is 0 Å². The Morgan fingerprint density at radius 1 is 1.50 bits per heavy atom. The summed E-state index contributed by atoms with van der Waals surface area (Å²) in [7, 11) is 0.522. The third-order valence-electron chi connectivity index (χ3n) is 2.06. The van der Waals surface area contributed by atoms with Crippen LogP contribution in [0.1, 0.15) is 46.5 Å². The maximum Gasteiger partial charge on any atom is 0.292 e. The van der Waals surface area contributed by atoms with Crippen molar-refractivity contribution in [2.24, 2.45) is 5.41 Å². The molecule has 0 aromatic carbocycles. The first-order valence-corrected chi connectivity index (χ1v) is 5.40. The van der Waals surface area contributed by atoms with Crippen molar-refractivity contribution in [3.63, 3.8) is 0 Å². The lowest BCUT2D eigenvalue weighted by atomic mass is 9.84. The van der Waals surface area contributed by atoms with E-state index in [0.29, 0.717) is 16.9 Å². The molecule has 12 heavy (non-hydrogen) atoms. The summed E-state index contributed by atoms with van der Waals surface area (Å²) in [6.45, 7) is 6.42. The molecule has 0 saturated carbocycles. The van der Waals surface area contributed by atoms with Crippen LogP contribution in [0.3, 0.4) is 0 Å². The van der Waals surface area contributed by atoms with Crippen molar-refractivity contribution in [2.45, 2.75) is 46.5 Å². The van der Waals surface area contributed by atoms with E-state index in [1.54, 1.807) is 0 Å². The van der Waals surface area contributed by atoms with Gasteiger partial charge in [-0.2, -0.15) is 0 Å². The Bertz CT molecular complexity index is 143. The zero-order valence-electron chi connectivity index (χ0n) is 8.64. The molecule has 0 aromatic rings. The largest absolute Gasteiger partial charge is 0.529 e. The third kappa shape index (κ3) is 5.35. The highest BCUT2D eigenvalue weighted by molar-refractivity contribution is 6.05. The van der Waals surface area contributed by atoms with Gasteiger partial charge in [0.05, 0.1) is 0 Å². The maximum absolute atomic E-state index is 11.0. The van der Waals surface area contributed by atoms with E-state index in [9.17, 15) is 4.79 Å². The van der Waals surface area contributed by atoms with Crippen LogP contribution in [0.25, 0.3) is 0 Å². The normalized spacial score (nSPS) is 11.6. The topological polar surface area (TPSA) is 26.3 Å². The van der Waals surface area contributed by atoms with Crippen molar-refractivity contribution in [3.05, 3.63) is 0 Å².